The molecule has 4 heteroatoms. The minimum Gasteiger partial charge on any atom is -0.311 e. The Hall–Kier alpha value is -1.13. The van der Waals surface area contributed by atoms with Crippen molar-refractivity contribution in [2.45, 2.75) is 13.0 Å². The molecule has 1 N–H and O–H groups in total. The van der Waals surface area contributed by atoms with E-state index in [0.717, 1.165) is 25.2 Å². The van der Waals surface area contributed by atoms with Gasteiger partial charge in [-0.05, 0) is 17.5 Å². The lowest BCUT2D eigenvalue weighted by Crippen LogP contribution is -2.16. The average Bonchev–Trinajstić information content (AvgIpc) is 2.84. The van der Waals surface area contributed by atoms with Crippen molar-refractivity contribution in [3.63, 3.8) is 0 Å². The van der Waals surface area contributed by atoms with Crippen LogP contribution in [-0.4, -0.2) is 16.3 Å². The molecule has 0 aliphatic rings. The summed E-state index contributed by atoms with van der Waals surface area (Å²) in [6.45, 7) is 1.94. The van der Waals surface area contributed by atoms with Crippen molar-refractivity contribution >= 4 is 11.3 Å². The van der Waals surface area contributed by atoms with E-state index in [1.165, 1.54) is 4.88 Å². The number of rotatable bonds is 5. The zero-order valence-electron chi connectivity index (χ0n) is 8.81. The highest BCUT2D eigenvalue weighted by Crippen LogP contribution is 2.07. The number of thiophene rings is 1. The van der Waals surface area contributed by atoms with E-state index in [9.17, 15) is 0 Å². The van der Waals surface area contributed by atoms with Crippen LogP contribution in [0.4, 0.5) is 0 Å². The Morgan fingerprint density at radius 2 is 2.40 bits per heavy atom. The van der Waals surface area contributed by atoms with Crippen LogP contribution in [0.3, 0.4) is 0 Å². The first kappa shape index (κ1) is 10.4. The van der Waals surface area contributed by atoms with Gasteiger partial charge in [-0.2, -0.15) is 5.10 Å². The molecule has 0 fully saturated rings. The highest BCUT2D eigenvalue weighted by molar-refractivity contribution is 7.09. The Kier molecular flexibility index (Phi) is 3.53. The number of nitrogens with one attached hydrogen (secondary N) is 1. The number of nitrogens with zero attached hydrogens (tertiary/aromatic N) is 2. The van der Waals surface area contributed by atoms with Gasteiger partial charge in [0.15, 0.2) is 0 Å². The fraction of sp³-hybridized carbons (Fsp3) is 0.364. The van der Waals surface area contributed by atoms with Gasteiger partial charge in [-0.15, -0.1) is 11.3 Å². The van der Waals surface area contributed by atoms with Gasteiger partial charge in [-0.25, -0.2) is 0 Å². The van der Waals surface area contributed by atoms with E-state index in [4.69, 9.17) is 0 Å². The number of aryl methyl sites for hydroxylation is 1. The van der Waals surface area contributed by atoms with Gasteiger partial charge in [0.1, 0.15) is 0 Å². The fourth-order valence-corrected chi connectivity index (χ4v) is 2.11. The lowest BCUT2D eigenvalue weighted by molar-refractivity contribution is 0.670. The lowest BCUT2D eigenvalue weighted by Gasteiger charge is -2.00. The molecule has 0 aliphatic heterocycles. The van der Waals surface area contributed by atoms with Gasteiger partial charge in [0.05, 0.1) is 5.69 Å². The van der Waals surface area contributed by atoms with E-state index in [0.29, 0.717) is 0 Å². The molecule has 0 saturated carbocycles. The Labute approximate surface area is 93.7 Å². The number of hydrogen-bond acceptors (Lipinski definition) is 3. The Morgan fingerprint density at radius 3 is 3.07 bits per heavy atom. The van der Waals surface area contributed by atoms with Gasteiger partial charge < -0.3 is 5.32 Å². The maximum Gasteiger partial charge on any atom is 0.0637 e. The molecule has 0 atom stereocenters. The molecular formula is C11H15N3S. The first-order valence-corrected chi connectivity index (χ1v) is 5.94. The van der Waals surface area contributed by atoms with Crippen LogP contribution in [0, 0.1) is 0 Å². The summed E-state index contributed by atoms with van der Waals surface area (Å²) in [5, 5.41) is 9.84. The molecular weight excluding hydrogens is 206 g/mol. The van der Waals surface area contributed by atoms with Gasteiger partial charge in [0.2, 0.25) is 0 Å². The predicted molar refractivity (Wildman–Crippen MR) is 62.9 cm³/mol. The van der Waals surface area contributed by atoms with E-state index < -0.39 is 0 Å². The van der Waals surface area contributed by atoms with E-state index in [1.807, 2.05) is 17.9 Å². The maximum absolute atomic E-state index is 4.32. The molecule has 2 aromatic heterocycles. The molecule has 0 spiro atoms. The highest BCUT2D eigenvalue weighted by atomic mass is 32.1. The van der Waals surface area contributed by atoms with Gasteiger partial charge in [0, 0.05) is 37.6 Å². The smallest absolute Gasteiger partial charge is 0.0637 e. The SMILES string of the molecule is Cn1ccc(CCNCc2cccs2)n1. The van der Waals surface area contributed by atoms with Crippen LogP contribution in [-0.2, 0) is 20.0 Å². The molecule has 2 aromatic rings. The van der Waals surface area contributed by atoms with Crippen molar-refractivity contribution in [3.05, 3.63) is 40.3 Å². The Morgan fingerprint density at radius 1 is 1.47 bits per heavy atom. The third-order valence-corrected chi connectivity index (χ3v) is 3.08. The van der Waals surface area contributed by atoms with Crippen LogP contribution < -0.4 is 5.32 Å². The van der Waals surface area contributed by atoms with E-state index in [1.54, 1.807) is 11.3 Å². The van der Waals surface area contributed by atoms with Crippen molar-refractivity contribution in [1.82, 2.24) is 15.1 Å². The minimum absolute atomic E-state index is 0.963. The summed E-state index contributed by atoms with van der Waals surface area (Å²) >= 11 is 1.79. The normalized spacial score (nSPS) is 10.7. The molecule has 15 heavy (non-hydrogen) atoms. The summed E-state index contributed by atoms with van der Waals surface area (Å²) in [7, 11) is 1.95. The largest absolute Gasteiger partial charge is 0.311 e. The first-order chi connectivity index (χ1) is 7.34. The van der Waals surface area contributed by atoms with Crippen LogP contribution in [0.15, 0.2) is 29.8 Å². The van der Waals surface area contributed by atoms with Gasteiger partial charge in [-0.3, -0.25) is 4.68 Å². The topological polar surface area (TPSA) is 29.9 Å². The second-order valence-corrected chi connectivity index (χ2v) is 4.52. The lowest BCUT2D eigenvalue weighted by atomic mass is 10.3. The van der Waals surface area contributed by atoms with Gasteiger partial charge in [0.25, 0.3) is 0 Å². The molecule has 0 radical (unpaired) electrons. The molecule has 0 unspecified atom stereocenters. The second kappa shape index (κ2) is 5.09. The average molecular weight is 221 g/mol. The highest BCUT2D eigenvalue weighted by Gasteiger charge is 1.97. The summed E-state index contributed by atoms with van der Waals surface area (Å²) in [6.07, 6.45) is 2.97. The second-order valence-electron chi connectivity index (χ2n) is 3.49. The van der Waals surface area contributed by atoms with E-state index in [2.05, 4.69) is 34.0 Å². The van der Waals surface area contributed by atoms with Crippen LogP contribution >= 0.6 is 11.3 Å². The van der Waals surface area contributed by atoms with Crippen LogP contribution in [0.5, 0.6) is 0 Å². The van der Waals surface area contributed by atoms with Crippen LogP contribution in [0.25, 0.3) is 0 Å². The van der Waals surface area contributed by atoms with Gasteiger partial charge in [-0.1, -0.05) is 6.07 Å². The molecule has 0 amide bonds. The maximum atomic E-state index is 4.32. The summed E-state index contributed by atoms with van der Waals surface area (Å²) in [5.74, 6) is 0. The summed E-state index contributed by atoms with van der Waals surface area (Å²) in [4.78, 5) is 1.39. The molecule has 0 aromatic carbocycles. The van der Waals surface area contributed by atoms with Gasteiger partial charge >= 0.3 is 0 Å². The third kappa shape index (κ3) is 3.18. The monoisotopic (exact) mass is 221 g/mol. The quantitative estimate of drug-likeness (QED) is 0.780. The first-order valence-electron chi connectivity index (χ1n) is 5.06. The molecule has 2 rings (SSSR count). The minimum atomic E-state index is 0.963. The third-order valence-electron chi connectivity index (χ3n) is 2.21. The number of aromatic nitrogens is 2. The summed E-state index contributed by atoms with van der Waals surface area (Å²) < 4.78 is 1.84. The molecule has 80 valence electrons. The van der Waals surface area contributed by atoms with E-state index >= 15 is 0 Å². The van der Waals surface area contributed by atoms with Crippen molar-refractivity contribution < 1.29 is 0 Å². The molecule has 0 saturated heterocycles. The van der Waals surface area contributed by atoms with Crippen LogP contribution in [0.1, 0.15) is 10.6 Å². The molecule has 0 aliphatic carbocycles. The zero-order chi connectivity index (χ0) is 10.5. The van der Waals surface area contributed by atoms with E-state index in [-0.39, 0.29) is 0 Å². The summed E-state index contributed by atoms with van der Waals surface area (Å²) in [6, 6.07) is 6.30. The summed E-state index contributed by atoms with van der Waals surface area (Å²) in [5.41, 5.74) is 1.15. The Bertz CT molecular complexity index is 392. The van der Waals surface area contributed by atoms with Crippen molar-refractivity contribution in [1.29, 1.82) is 0 Å². The molecule has 3 nitrogen and oxygen atoms in total. The molecule has 0 bridgehead atoms. The molecule has 2 heterocycles. The predicted octanol–water partition coefficient (Wildman–Crippen LogP) is 1.81. The number of hydrogen-bond donors (Lipinski definition) is 1. The standard InChI is InChI=1S/C11H15N3S/c1-14-7-5-10(13-14)4-6-12-9-11-3-2-8-15-11/h2-3,5,7-8,12H,4,6,9H2,1H3. The van der Waals surface area contributed by atoms with Crippen molar-refractivity contribution in [2.24, 2.45) is 7.05 Å². The van der Waals surface area contributed by atoms with Crippen molar-refractivity contribution in [3.8, 4) is 0 Å². The zero-order valence-corrected chi connectivity index (χ0v) is 9.63. The van der Waals surface area contributed by atoms with Crippen LogP contribution in [0.2, 0.25) is 0 Å². The fourth-order valence-electron chi connectivity index (χ4n) is 1.44. The van der Waals surface area contributed by atoms with Crippen molar-refractivity contribution in [2.75, 3.05) is 6.54 Å². The Balaban J connectivity index is 1.67.